The first-order valence-electron chi connectivity index (χ1n) is 4.44. The number of nitrogens with zero attached hydrogens (tertiary/aromatic N) is 2. The Morgan fingerprint density at radius 2 is 1.86 bits per heavy atom. The van der Waals surface area contributed by atoms with E-state index >= 15 is 0 Å². The van der Waals surface area contributed by atoms with E-state index in [-0.39, 0.29) is 0 Å². The molecule has 2 heteroatoms. The van der Waals surface area contributed by atoms with Gasteiger partial charge in [-0.1, -0.05) is 12.1 Å². The topological polar surface area (TPSA) is 25.8 Å². The van der Waals surface area contributed by atoms with E-state index in [0.717, 1.165) is 10.8 Å². The molecule has 0 amide bonds. The first-order chi connectivity index (χ1) is 6.95. The summed E-state index contributed by atoms with van der Waals surface area (Å²) in [6.07, 6.45) is 8.42. The van der Waals surface area contributed by atoms with E-state index < -0.39 is 0 Å². The van der Waals surface area contributed by atoms with Crippen LogP contribution >= 0.6 is 0 Å². The molecule has 0 saturated heterocycles. The summed E-state index contributed by atoms with van der Waals surface area (Å²) in [6, 6.07) is 8.09. The van der Waals surface area contributed by atoms with Crippen LogP contribution in [0.4, 0.5) is 0 Å². The van der Waals surface area contributed by atoms with Crippen LogP contribution in [0.15, 0.2) is 42.9 Å². The molecule has 2 aromatic heterocycles. The van der Waals surface area contributed by atoms with Crippen LogP contribution in [0.2, 0.25) is 0 Å². The Kier molecular flexibility index (Phi) is 1.47. The molecule has 0 unspecified atom stereocenters. The van der Waals surface area contributed by atoms with E-state index in [1.54, 1.807) is 6.20 Å². The van der Waals surface area contributed by atoms with Crippen LogP contribution in [0.25, 0.3) is 21.5 Å². The van der Waals surface area contributed by atoms with Crippen molar-refractivity contribution >= 4 is 21.5 Å². The van der Waals surface area contributed by atoms with Gasteiger partial charge in [0.25, 0.3) is 0 Å². The molecule has 1 aromatic carbocycles. The van der Waals surface area contributed by atoms with Crippen LogP contribution in [-0.4, -0.2) is 9.97 Å². The number of hydrogen-bond acceptors (Lipinski definition) is 2. The lowest BCUT2D eigenvalue weighted by atomic mass is 10.1. The van der Waals surface area contributed by atoms with Crippen LogP contribution in [0.1, 0.15) is 0 Å². The van der Waals surface area contributed by atoms with Gasteiger partial charge in [-0.15, -0.1) is 0 Å². The number of rotatable bonds is 0. The van der Waals surface area contributed by atoms with E-state index in [2.05, 4.69) is 16.2 Å². The third kappa shape index (κ3) is 0.973. The normalized spacial score (nSPS) is 10.9. The fraction of sp³-hybridized carbons (Fsp3) is 0. The minimum absolute atomic E-state index is 1.05. The Morgan fingerprint density at radius 1 is 0.929 bits per heavy atom. The molecule has 0 bridgehead atoms. The molecule has 3 aromatic rings. The van der Waals surface area contributed by atoms with Gasteiger partial charge >= 0.3 is 0 Å². The molecule has 0 saturated carbocycles. The smallest absolute Gasteiger partial charge is 0.0970 e. The summed E-state index contributed by atoms with van der Waals surface area (Å²) in [4.78, 5) is 8.07. The summed E-state index contributed by atoms with van der Waals surface area (Å²) in [5.41, 5.74) is 0. The van der Waals surface area contributed by atoms with Crippen molar-refractivity contribution in [2.75, 3.05) is 0 Å². The molecular formula is C12H7N2. The van der Waals surface area contributed by atoms with Crippen LogP contribution in [0, 0.1) is 6.20 Å². The number of benzene rings is 1. The van der Waals surface area contributed by atoms with E-state index in [1.165, 1.54) is 10.8 Å². The first-order valence-corrected chi connectivity index (χ1v) is 4.44. The van der Waals surface area contributed by atoms with Crippen LogP contribution in [0.3, 0.4) is 0 Å². The summed E-state index contributed by atoms with van der Waals surface area (Å²) in [7, 11) is 0. The Labute approximate surface area is 81.2 Å². The second kappa shape index (κ2) is 2.77. The second-order valence-corrected chi connectivity index (χ2v) is 3.18. The average Bonchev–Trinajstić information content (AvgIpc) is 2.29. The molecule has 0 aliphatic carbocycles. The monoisotopic (exact) mass is 179 g/mol. The van der Waals surface area contributed by atoms with Gasteiger partial charge in [0.1, 0.15) is 0 Å². The van der Waals surface area contributed by atoms with Crippen LogP contribution in [0.5, 0.6) is 0 Å². The summed E-state index contributed by atoms with van der Waals surface area (Å²) in [5, 5.41) is 4.59. The molecule has 3 rings (SSSR count). The zero-order valence-electron chi connectivity index (χ0n) is 7.44. The highest BCUT2D eigenvalue weighted by Gasteiger charge is 1.98. The van der Waals surface area contributed by atoms with Gasteiger partial charge in [0, 0.05) is 29.4 Å². The molecular weight excluding hydrogens is 172 g/mol. The van der Waals surface area contributed by atoms with Gasteiger partial charge in [-0.05, 0) is 22.9 Å². The molecule has 2 nitrogen and oxygen atoms in total. The van der Waals surface area contributed by atoms with E-state index in [1.807, 2.05) is 36.7 Å². The number of pyridine rings is 2. The Hall–Kier alpha value is -1.96. The van der Waals surface area contributed by atoms with Crippen molar-refractivity contribution in [2.24, 2.45) is 0 Å². The molecule has 0 spiro atoms. The fourth-order valence-electron chi connectivity index (χ4n) is 1.69. The highest BCUT2D eigenvalue weighted by molar-refractivity contribution is 6.06. The lowest BCUT2D eigenvalue weighted by Crippen LogP contribution is -1.80. The van der Waals surface area contributed by atoms with Gasteiger partial charge in [0.2, 0.25) is 0 Å². The van der Waals surface area contributed by atoms with Crippen molar-refractivity contribution in [1.29, 1.82) is 0 Å². The predicted octanol–water partition coefficient (Wildman–Crippen LogP) is 2.58. The van der Waals surface area contributed by atoms with Crippen molar-refractivity contribution in [3.8, 4) is 0 Å². The van der Waals surface area contributed by atoms with Gasteiger partial charge in [-0.25, -0.2) is 0 Å². The molecule has 65 valence electrons. The Balaban J connectivity index is 2.61. The summed E-state index contributed by atoms with van der Waals surface area (Å²) < 4.78 is 0. The molecule has 0 fully saturated rings. The quantitative estimate of drug-likeness (QED) is 0.496. The number of hydrogen-bond donors (Lipinski definition) is 0. The lowest BCUT2D eigenvalue weighted by Gasteiger charge is -2.00. The lowest BCUT2D eigenvalue weighted by molar-refractivity contribution is 1.34. The largest absolute Gasteiger partial charge is 0.264 e. The van der Waals surface area contributed by atoms with Crippen molar-refractivity contribution in [3.05, 3.63) is 49.1 Å². The maximum atomic E-state index is 4.09. The third-order valence-electron chi connectivity index (χ3n) is 2.36. The SMILES string of the molecule is [c]1nccc2c1ccc1cnccc12. The molecule has 0 aliphatic heterocycles. The van der Waals surface area contributed by atoms with Crippen LogP contribution < -0.4 is 0 Å². The maximum absolute atomic E-state index is 4.09. The fourth-order valence-corrected chi connectivity index (χ4v) is 1.69. The number of aromatic nitrogens is 2. The van der Waals surface area contributed by atoms with Crippen molar-refractivity contribution in [3.63, 3.8) is 0 Å². The average molecular weight is 179 g/mol. The number of fused-ring (bicyclic) bond motifs is 3. The molecule has 2 heterocycles. The minimum Gasteiger partial charge on any atom is -0.264 e. The van der Waals surface area contributed by atoms with E-state index in [9.17, 15) is 0 Å². The van der Waals surface area contributed by atoms with Gasteiger partial charge < -0.3 is 0 Å². The van der Waals surface area contributed by atoms with Crippen LogP contribution in [-0.2, 0) is 0 Å². The van der Waals surface area contributed by atoms with E-state index in [0.29, 0.717) is 0 Å². The molecule has 14 heavy (non-hydrogen) atoms. The first kappa shape index (κ1) is 7.44. The van der Waals surface area contributed by atoms with Crippen molar-refractivity contribution in [1.82, 2.24) is 9.97 Å². The van der Waals surface area contributed by atoms with Gasteiger partial charge in [0.15, 0.2) is 0 Å². The van der Waals surface area contributed by atoms with Gasteiger partial charge in [-0.2, -0.15) is 0 Å². The van der Waals surface area contributed by atoms with E-state index in [4.69, 9.17) is 0 Å². The summed E-state index contributed by atoms with van der Waals surface area (Å²) in [6.45, 7) is 0. The molecule has 0 atom stereocenters. The van der Waals surface area contributed by atoms with Crippen molar-refractivity contribution < 1.29 is 0 Å². The Bertz CT molecular complexity index is 547. The second-order valence-electron chi connectivity index (χ2n) is 3.18. The zero-order valence-corrected chi connectivity index (χ0v) is 7.44. The highest BCUT2D eigenvalue weighted by Crippen LogP contribution is 2.22. The minimum atomic E-state index is 1.05. The highest BCUT2D eigenvalue weighted by atomic mass is 14.6. The summed E-state index contributed by atoms with van der Waals surface area (Å²) in [5.74, 6) is 0. The molecule has 0 N–H and O–H groups in total. The predicted molar refractivity (Wildman–Crippen MR) is 55.9 cm³/mol. The standard InChI is InChI=1S/C12H7N2/c1-2-10-8-14-6-4-12(10)11-3-5-13-7-9(1)11/h1-7H. The molecule has 1 radical (unpaired) electrons. The zero-order chi connectivity index (χ0) is 9.38. The van der Waals surface area contributed by atoms with Gasteiger partial charge in [-0.3, -0.25) is 9.97 Å². The molecule has 0 aliphatic rings. The van der Waals surface area contributed by atoms with Gasteiger partial charge in [0.05, 0.1) is 6.20 Å². The summed E-state index contributed by atoms with van der Waals surface area (Å²) >= 11 is 0. The maximum Gasteiger partial charge on any atom is 0.0970 e. The van der Waals surface area contributed by atoms with Crippen molar-refractivity contribution in [2.45, 2.75) is 0 Å². The third-order valence-corrected chi connectivity index (χ3v) is 2.36. The Morgan fingerprint density at radius 3 is 2.86 bits per heavy atom.